The van der Waals surface area contributed by atoms with Gasteiger partial charge in [-0.05, 0) is 94.6 Å². The Morgan fingerprint density at radius 3 is 2.49 bits per heavy atom. The number of carbonyl (C=O) groups excluding carboxylic acids is 1. The lowest BCUT2D eigenvalue weighted by molar-refractivity contribution is -0.124. The molecule has 5 rings (SSSR count). The van der Waals surface area contributed by atoms with Crippen molar-refractivity contribution in [1.82, 2.24) is 14.8 Å². The fourth-order valence-electron chi connectivity index (χ4n) is 6.12. The maximum atomic E-state index is 14.1. The second kappa shape index (κ2) is 10.6. The Labute approximate surface area is 211 Å². The van der Waals surface area contributed by atoms with E-state index in [1.807, 2.05) is 15.6 Å². The number of hydrogen-bond acceptors (Lipinski definition) is 5. The zero-order valence-corrected chi connectivity index (χ0v) is 21.4. The van der Waals surface area contributed by atoms with Gasteiger partial charge >= 0.3 is 5.97 Å². The van der Waals surface area contributed by atoms with E-state index in [-0.39, 0.29) is 23.9 Å². The molecule has 0 bridgehead atoms. The molecule has 8 heteroatoms. The summed E-state index contributed by atoms with van der Waals surface area (Å²) in [5.74, 6) is -0.158. The lowest BCUT2D eigenvalue weighted by Crippen LogP contribution is -2.46. The molecule has 2 fully saturated rings. The van der Waals surface area contributed by atoms with Crippen LogP contribution in [0.1, 0.15) is 105 Å². The van der Waals surface area contributed by atoms with Crippen LogP contribution in [0.15, 0.2) is 24.8 Å². The minimum Gasteiger partial charge on any atom is -0.477 e. The van der Waals surface area contributed by atoms with E-state index in [0.717, 1.165) is 75.5 Å². The van der Waals surface area contributed by atoms with Gasteiger partial charge in [-0.3, -0.25) is 4.79 Å². The molecule has 0 unspecified atom stereocenters. The van der Waals surface area contributed by atoms with E-state index in [2.05, 4.69) is 23.1 Å². The maximum Gasteiger partial charge on any atom is 0.348 e. The number of anilines is 1. The van der Waals surface area contributed by atoms with Gasteiger partial charge in [-0.1, -0.05) is 13.0 Å². The Morgan fingerprint density at radius 1 is 1.09 bits per heavy atom. The van der Waals surface area contributed by atoms with Crippen LogP contribution in [0.4, 0.5) is 5.69 Å². The molecule has 2 heterocycles. The molecule has 2 saturated carbocycles. The SMILES string of the molecule is CC1CCC(C(=O)N(c2cc(C3=CCCCC3)sc2C(=O)O)C2CCC(n3cncn3)CC2)CC1. The zero-order chi connectivity index (χ0) is 24.4. The molecular weight excluding hydrogens is 460 g/mol. The van der Waals surface area contributed by atoms with E-state index in [1.165, 1.54) is 23.3 Å². The highest BCUT2D eigenvalue weighted by atomic mass is 32.1. The van der Waals surface area contributed by atoms with Gasteiger partial charge in [0.15, 0.2) is 0 Å². The molecule has 188 valence electrons. The van der Waals surface area contributed by atoms with E-state index in [1.54, 1.807) is 12.7 Å². The van der Waals surface area contributed by atoms with Crippen molar-refractivity contribution in [3.63, 3.8) is 0 Å². The Kier molecular flexibility index (Phi) is 7.37. The van der Waals surface area contributed by atoms with Crippen molar-refractivity contribution in [2.24, 2.45) is 11.8 Å². The van der Waals surface area contributed by atoms with Crippen molar-refractivity contribution >= 4 is 34.5 Å². The highest BCUT2D eigenvalue weighted by molar-refractivity contribution is 7.15. The van der Waals surface area contributed by atoms with E-state index in [9.17, 15) is 14.7 Å². The number of aromatic carboxylic acids is 1. The molecule has 0 aromatic carbocycles. The molecule has 3 aliphatic rings. The van der Waals surface area contributed by atoms with Crippen molar-refractivity contribution in [2.45, 2.75) is 96.1 Å². The van der Waals surface area contributed by atoms with Crippen LogP contribution in [0.5, 0.6) is 0 Å². The van der Waals surface area contributed by atoms with Crippen molar-refractivity contribution < 1.29 is 14.7 Å². The average molecular weight is 497 g/mol. The topological polar surface area (TPSA) is 88.3 Å². The van der Waals surface area contributed by atoms with E-state index < -0.39 is 5.97 Å². The van der Waals surface area contributed by atoms with Gasteiger partial charge in [0.05, 0.1) is 11.7 Å². The number of nitrogens with zero attached hydrogens (tertiary/aromatic N) is 4. The van der Waals surface area contributed by atoms with E-state index in [4.69, 9.17) is 0 Å². The number of allylic oxidation sites excluding steroid dienone is 2. The summed E-state index contributed by atoms with van der Waals surface area (Å²) in [6.07, 6.45) is 17.4. The zero-order valence-electron chi connectivity index (χ0n) is 20.6. The van der Waals surface area contributed by atoms with E-state index >= 15 is 0 Å². The lowest BCUT2D eigenvalue weighted by Gasteiger charge is -2.39. The van der Waals surface area contributed by atoms with E-state index in [0.29, 0.717) is 16.5 Å². The predicted molar refractivity (Wildman–Crippen MR) is 138 cm³/mol. The standard InChI is InChI=1S/C27H36N4O3S/c1-18-7-9-20(10-8-18)26(32)31(22-13-11-21(12-14-22)30-17-28-16-29-30)23-15-24(35-25(23)27(33)34)19-5-3-2-4-6-19/h5,15-18,20-22H,2-4,6-14H2,1H3,(H,33,34). The number of thiophene rings is 1. The highest BCUT2D eigenvalue weighted by Gasteiger charge is 2.38. The van der Waals surface area contributed by atoms with Gasteiger partial charge in [0.1, 0.15) is 17.5 Å². The molecule has 0 saturated heterocycles. The molecule has 2 aromatic rings. The predicted octanol–water partition coefficient (Wildman–Crippen LogP) is 6.34. The number of carbonyl (C=O) groups is 2. The van der Waals surface area contributed by atoms with Crippen molar-refractivity contribution in [2.75, 3.05) is 4.90 Å². The van der Waals surface area contributed by atoms with Crippen LogP contribution in [0.3, 0.4) is 0 Å². The first-order chi connectivity index (χ1) is 17.0. The first kappa shape index (κ1) is 24.2. The van der Waals surface area contributed by atoms with Crippen LogP contribution < -0.4 is 4.90 Å². The lowest BCUT2D eigenvalue weighted by atomic mass is 9.81. The monoisotopic (exact) mass is 496 g/mol. The van der Waals surface area contributed by atoms with Gasteiger partial charge in [-0.25, -0.2) is 14.5 Å². The molecule has 1 amide bonds. The van der Waals surface area contributed by atoms with Gasteiger partial charge in [0, 0.05) is 16.8 Å². The quantitative estimate of drug-likeness (QED) is 0.504. The van der Waals surface area contributed by atoms with Crippen LogP contribution in [0.25, 0.3) is 5.57 Å². The molecule has 0 radical (unpaired) electrons. The van der Waals surface area contributed by atoms with Gasteiger partial charge in [-0.15, -0.1) is 11.3 Å². The number of hydrogen-bond donors (Lipinski definition) is 1. The highest BCUT2D eigenvalue weighted by Crippen LogP contribution is 2.42. The maximum absolute atomic E-state index is 14.1. The molecule has 0 aliphatic heterocycles. The number of aromatic nitrogens is 3. The fraction of sp³-hybridized carbons (Fsp3) is 0.630. The number of amides is 1. The first-order valence-electron chi connectivity index (χ1n) is 13.2. The third-order valence-corrected chi connectivity index (χ3v) is 9.41. The average Bonchev–Trinajstić information content (AvgIpc) is 3.57. The minimum absolute atomic E-state index is 0.0156. The molecule has 1 N–H and O–H groups in total. The molecule has 7 nitrogen and oxygen atoms in total. The second-order valence-corrected chi connectivity index (χ2v) is 11.7. The van der Waals surface area contributed by atoms with Gasteiger partial charge in [-0.2, -0.15) is 5.10 Å². The Hall–Kier alpha value is -2.48. The summed E-state index contributed by atoms with van der Waals surface area (Å²) >= 11 is 1.35. The van der Waals surface area contributed by atoms with Crippen molar-refractivity contribution in [1.29, 1.82) is 0 Å². The molecule has 3 aliphatic carbocycles. The molecule has 0 atom stereocenters. The van der Waals surface area contributed by atoms with Crippen LogP contribution in [0, 0.1) is 11.8 Å². The Balaban J connectivity index is 1.46. The largest absolute Gasteiger partial charge is 0.477 e. The molecule has 35 heavy (non-hydrogen) atoms. The third-order valence-electron chi connectivity index (χ3n) is 8.22. The van der Waals surface area contributed by atoms with Crippen LogP contribution >= 0.6 is 11.3 Å². The normalized spacial score (nSPS) is 27.3. The van der Waals surface area contributed by atoms with Crippen LogP contribution in [-0.2, 0) is 4.79 Å². The second-order valence-electron chi connectivity index (χ2n) is 10.6. The molecule has 0 spiro atoms. The summed E-state index contributed by atoms with van der Waals surface area (Å²) < 4.78 is 1.92. The minimum atomic E-state index is -0.931. The number of rotatable bonds is 6. The van der Waals surface area contributed by atoms with Gasteiger partial charge < -0.3 is 10.0 Å². The third kappa shape index (κ3) is 5.22. The number of carboxylic acids is 1. The smallest absolute Gasteiger partial charge is 0.348 e. The molecular formula is C27H36N4O3S. The summed E-state index contributed by atoms with van der Waals surface area (Å²) in [5.41, 5.74) is 1.86. The fourth-order valence-corrected chi connectivity index (χ4v) is 7.18. The number of carboxylic acid groups (broad SMARTS) is 1. The summed E-state index contributed by atoms with van der Waals surface area (Å²) in [7, 11) is 0. The molecule has 2 aromatic heterocycles. The van der Waals surface area contributed by atoms with Gasteiger partial charge in [0.2, 0.25) is 5.91 Å². The van der Waals surface area contributed by atoms with Crippen molar-refractivity contribution in [3.05, 3.63) is 34.6 Å². The van der Waals surface area contributed by atoms with Crippen LogP contribution in [-0.4, -0.2) is 37.8 Å². The summed E-state index contributed by atoms with van der Waals surface area (Å²) in [5, 5.41) is 14.5. The Bertz CT molecular complexity index is 1060. The Morgan fingerprint density at radius 2 is 1.86 bits per heavy atom. The van der Waals surface area contributed by atoms with Crippen LogP contribution in [0.2, 0.25) is 0 Å². The summed E-state index contributed by atoms with van der Waals surface area (Å²) in [6.45, 7) is 2.26. The summed E-state index contributed by atoms with van der Waals surface area (Å²) in [6, 6.07) is 2.31. The van der Waals surface area contributed by atoms with Gasteiger partial charge in [0.25, 0.3) is 0 Å². The summed E-state index contributed by atoms with van der Waals surface area (Å²) in [4.78, 5) is 33.8. The van der Waals surface area contributed by atoms with Crippen molar-refractivity contribution in [3.8, 4) is 0 Å². The first-order valence-corrected chi connectivity index (χ1v) is 14.1.